The van der Waals surface area contributed by atoms with Gasteiger partial charge in [-0.25, -0.2) is 0 Å². The van der Waals surface area contributed by atoms with Crippen LogP contribution in [0.2, 0.25) is 0 Å². The molecule has 1 aromatic carbocycles. The van der Waals surface area contributed by atoms with E-state index in [1.165, 1.54) is 0 Å². The van der Waals surface area contributed by atoms with Gasteiger partial charge in [-0.2, -0.15) is 0 Å². The van der Waals surface area contributed by atoms with Crippen molar-refractivity contribution in [2.24, 2.45) is 5.92 Å². The van der Waals surface area contributed by atoms with Gasteiger partial charge >= 0.3 is 0 Å². The van der Waals surface area contributed by atoms with E-state index < -0.39 is 0 Å². The fourth-order valence-electron chi connectivity index (χ4n) is 2.40. The number of hydrogen-bond acceptors (Lipinski definition) is 2. The zero-order valence-corrected chi connectivity index (χ0v) is 12.6. The highest BCUT2D eigenvalue weighted by Gasteiger charge is 2.13. The van der Waals surface area contributed by atoms with E-state index >= 15 is 0 Å². The Bertz CT molecular complexity index is 532. The molecule has 1 aliphatic rings. The lowest BCUT2D eigenvalue weighted by atomic mass is 10.0. The van der Waals surface area contributed by atoms with Crippen molar-refractivity contribution in [1.82, 2.24) is 10.2 Å². The first kappa shape index (κ1) is 15.3. The van der Waals surface area contributed by atoms with Crippen LogP contribution in [0.5, 0.6) is 0 Å². The molecule has 0 spiro atoms. The molecule has 21 heavy (non-hydrogen) atoms. The van der Waals surface area contributed by atoms with E-state index in [4.69, 9.17) is 0 Å². The summed E-state index contributed by atoms with van der Waals surface area (Å²) in [5.41, 5.74) is 1.66. The van der Waals surface area contributed by atoms with E-state index in [0.29, 0.717) is 24.4 Å². The summed E-state index contributed by atoms with van der Waals surface area (Å²) >= 11 is 0. The van der Waals surface area contributed by atoms with Crippen molar-refractivity contribution < 1.29 is 9.59 Å². The predicted octanol–water partition coefficient (Wildman–Crippen LogP) is 2.36. The normalized spacial score (nSPS) is 16.8. The molecule has 4 nitrogen and oxygen atoms in total. The van der Waals surface area contributed by atoms with Gasteiger partial charge < -0.3 is 10.2 Å². The van der Waals surface area contributed by atoms with Gasteiger partial charge in [-0.1, -0.05) is 24.3 Å². The van der Waals surface area contributed by atoms with E-state index in [0.717, 1.165) is 18.4 Å². The molecule has 0 radical (unpaired) electrons. The average Bonchev–Trinajstić information content (AvgIpc) is 2.97. The fraction of sp³-hybridized carbons (Fsp3) is 0.412. The molecule has 1 aliphatic carbocycles. The monoisotopic (exact) mass is 286 g/mol. The van der Waals surface area contributed by atoms with Crippen LogP contribution in [0.3, 0.4) is 0 Å². The second-order valence-electron chi connectivity index (χ2n) is 5.64. The topological polar surface area (TPSA) is 49.4 Å². The van der Waals surface area contributed by atoms with E-state index in [1.54, 1.807) is 31.1 Å². The molecule has 2 rings (SSSR count). The zero-order valence-electron chi connectivity index (χ0n) is 12.6. The van der Waals surface area contributed by atoms with Crippen molar-refractivity contribution in [1.29, 1.82) is 0 Å². The van der Waals surface area contributed by atoms with E-state index in [-0.39, 0.29) is 11.8 Å². The van der Waals surface area contributed by atoms with Gasteiger partial charge in [0.2, 0.25) is 5.91 Å². The Morgan fingerprint density at radius 2 is 1.95 bits per heavy atom. The molecule has 0 saturated heterocycles. The SMILES string of the molecule is CN(C)C(=O)c1ccc(CNC(=O)CC2C=CCC2)cc1. The first-order valence-corrected chi connectivity index (χ1v) is 7.30. The Morgan fingerprint density at radius 1 is 1.24 bits per heavy atom. The van der Waals surface area contributed by atoms with E-state index in [1.807, 2.05) is 12.1 Å². The highest BCUT2D eigenvalue weighted by molar-refractivity contribution is 5.93. The Kier molecular flexibility index (Phi) is 5.14. The largest absolute Gasteiger partial charge is 0.352 e. The van der Waals surface area contributed by atoms with Gasteiger partial charge in [0.15, 0.2) is 0 Å². The Hall–Kier alpha value is -2.10. The molecule has 0 aromatic heterocycles. The smallest absolute Gasteiger partial charge is 0.253 e. The number of nitrogens with one attached hydrogen (secondary N) is 1. The Morgan fingerprint density at radius 3 is 2.52 bits per heavy atom. The van der Waals surface area contributed by atoms with Gasteiger partial charge in [-0.05, 0) is 36.5 Å². The maximum absolute atomic E-state index is 11.8. The Balaban J connectivity index is 1.81. The molecule has 1 aromatic rings. The predicted molar refractivity (Wildman–Crippen MR) is 82.8 cm³/mol. The minimum absolute atomic E-state index is 0.0152. The van der Waals surface area contributed by atoms with Crippen LogP contribution in [0.15, 0.2) is 36.4 Å². The number of rotatable bonds is 5. The molecule has 0 aliphatic heterocycles. The van der Waals surface area contributed by atoms with Crippen molar-refractivity contribution in [2.45, 2.75) is 25.8 Å². The number of hydrogen-bond donors (Lipinski definition) is 1. The number of carbonyl (C=O) groups excluding carboxylic acids is 2. The van der Waals surface area contributed by atoms with Crippen molar-refractivity contribution in [3.05, 3.63) is 47.5 Å². The third-order valence-corrected chi connectivity index (χ3v) is 3.66. The average molecular weight is 286 g/mol. The second kappa shape index (κ2) is 7.07. The molecular weight excluding hydrogens is 264 g/mol. The van der Waals surface area contributed by atoms with Gasteiger partial charge in [0.05, 0.1) is 0 Å². The van der Waals surface area contributed by atoms with Gasteiger partial charge in [-0.3, -0.25) is 9.59 Å². The quantitative estimate of drug-likeness (QED) is 0.845. The summed E-state index contributed by atoms with van der Waals surface area (Å²) in [5.74, 6) is 0.462. The van der Waals surface area contributed by atoms with Crippen molar-refractivity contribution >= 4 is 11.8 Å². The summed E-state index contributed by atoms with van der Waals surface area (Å²) in [6.07, 6.45) is 6.99. The second-order valence-corrected chi connectivity index (χ2v) is 5.64. The maximum Gasteiger partial charge on any atom is 0.253 e. The molecule has 0 saturated carbocycles. The molecule has 112 valence electrons. The number of allylic oxidation sites excluding steroid dienone is 2. The van der Waals surface area contributed by atoms with Gasteiger partial charge in [-0.15, -0.1) is 0 Å². The van der Waals surface area contributed by atoms with Gasteiger partial charge in [0.1, 0.15) is 0 Å². The minimum atomic E-state index is -0.0152. The van der Waals surface area contributed by atoms with Crippen LogP contribution in [0.1, 0.15) is 35.2 Å². The van der Waals surface area contributed by atoms with E-state index in [9.17, 15) is 9.59 Å². The molecule has 4 heteroatoms. The molecule has 1 N–H and O–H groups in total. The third kappa shape index (κ3) is 4.45. The standard InChI is InChI=1S/C17H22N2O2/c1-19(2)17(21)15-9-7-14(8-10-15)12-18-16(20)11-13-5-3-4-6-13/h3,5,7-10,13H,4,6,11-12H2,1-2H3,(H,18,20). The third-order valence-electron chi connectivity index (χ3n) is 3.66. The summed E-state index contributed by atoms with van der Waals surface area (Å²) in [4.78, 5) is 25.1. The summed E-state index contributed by atoms with van der Waals surface area (Å²) in [6, 6.07) is 7.35. The van der Waals surface area contributed by atoms with E-state index in [2.05, 4.69) is 17.5 Å². The van der Waals surface area contributed by atoms with Crippen molar-refractivity contribution in [3.8, 4) is 0 Å². The highest BCUT2D eigenvalue weighted by Crippen LogP contribution is 2.20. The zero-order chi connectivity index (χ0) is 15.2. The van der Waals surface area contributed by atoms with Crippen LogP contribution in [0.25, 0.3) is 0 Å². The van der Waals surface area contributed by atoms with Gasteiger partial charge in [0.25, 0.3) is 5.91 Å². The maximum atomic E-state index is 11.8. The highest BCUT2D eigenvalue weighted by atomic mass is 16.2. The molecule has 2 amide bonds. The van der Waals surface area contributed by atoms with Crippen molar-refractivity contribution in [3.63, 3.8) is 0 Å². The fourth-order valence-corrected chi connectivity index (χ4v) is 2.40. The molecular formula is C17H22N2O2. The number of benzene rings is 1. The molecule has 0 bridgehead atoms. The van der Waals surface area contributed by atoms with Gasteiger partial charge in [0, 0.05) is 32.6 Å². The minimum Gasteiger partial charge on any atom is -0.352 e. The van der Waals surface area contributed by atoms with Crippen LogP contribution in [0, 0.1) is 5.92 Å². The number of amides is 2. The lowest BCUT2D eigenvalue weighted by Gasteiger charge is -2.11. The van der Waals surface area contributed by atoms with Crippen LogP contribution >= 0.6 is 0 Å². The summed E-state index contributed by atoms with van der Waals surface area (Å²) < 4.78 is 0. The van der Waals surface area contributed by atoms with Crippen LogP contribution in [-0.4, -0.2) is 30.8 Å². The number of nitrogens with zero attached hydrogens (tertiary/aromatic N) is 1. The number of carbonyl (C=O) groups is 2. The lowest BCUT2D eigenvalue weighted by molar-refractivity contribution is -0.121. The Labute approximate surface area is 125 Å². The summed E-state index contributed by atoms with van der Waals surface area (Å²) in [7, 11) is 3.46. The summed E-state index contributed by atoms with van der Waals surface area (Å²) in [6.45, 7) is 0.506. The van der Waals surface area contributed by atoms with Crippen LogP contribution < -0.4 is 5.32 Å². The molecule has 1 unspecified atom stereocenters. The molecule has 1 atom stereocenters. The first-order chi connectivity index (χ1) is 10.1. The van der Waals surface area contributed by atoms with Crippen LogP contribution in [-0.2, 0) is 11.3 Å². The lowest BCUT2D eigenvalue weighted by Crippen LogP contribution is -2.24. The first-order valence-electron chi connectivity index (χ1n) is 7.30. The molecule has 0 heterocycles. The summed E-state index contributed by atoms with van der Waals surface area (Å²) in [5, 5.41) is 2.93. The van der Waals surface area contributed by atoms with Crippen LogP contribution in [0.4, 0.5) is 0 Å². The molecule has 0 fully saturated rings. The van der Waals surface area contributed by atoms with Crippen molar-refractivity contribution in [2.75, 3.05) is 14.1 Å².